The first-order valence-corrected chi connectivity index (χ1v) is 10.3. The second kappa shape index (κ2) is 8.30. The number of rotatable bonds is 5. The summed E-state index contributed by atoms with van der Waals surface area (Å²) in [4.78, 5) is 14.0. The standard InChI is InChI=1S/C22H24FN7O/c1-13-10-16(8-9-19(13)23)21-26-28-29(27-21)12-20(31)25-22-18(11-24)14(2)15(3)30(22)17-6-4-5-7-17/h8-10,17H,4-7,12H2,1-3H3,(H,25,31). The van der Waals surface area contributed by atoms with Gasteiger partial charge in [0.15, 0.2) is 0 Å². The van der Waals surface area contributed by atoms with Gasteiger partial charge in [-0.15, -0.1) is 10.2 Å². The highest BCUT2D eigenvalue weighted by Crippen LogP contribution is 2.37. The minimum Gasteiger partial charge on any atom is -0.327 e. The molecule has 0 atom stereocenters. The normalized spacial score (nSPS) is 14.0. The van der Waals surface area contributed by atoms with Crippen molar-refractivity contribution in [3.05, 3.63) is 46.4 Å². The number of aryl methyl sites for hydroxylation is 1. The number of carbonyl (C=O) groups is 1. The molecule has 160 valence electrons. The smallest absolute Gasteiger partial charge is 0.249 e. The molecule has 0 spiro atoms. The number of anilines is 1. The highest BCUT2D eigenvalue weighted by atomic mass is 19.1. The Bertz CT molecular complexity index is 1180. The second-order valence-corrected chi connectivity index (χ2v) is 8.01. The van der Waals surface area contributed by atoms with Crippen LogP contribution in [0.2, 0.25) is 0 Å². The Morgan fingerprint density at radius 3 is 2.71 bits per heavy atom. The number of carbonyl (C=O) groups excluding carboxylic acids is 1. The lowest BCUT2D eigenvalue weighted by atomic mass is 10.1. The third-order valence-electron chi connectivity index (χ3n) is 5.97. The van der Waals surface area contributed by atoms with Crippen molar-refractivity contribution < 1.29 is 9.18 Å². The first-order chi connectivity index (χ1) is 14.9. The Hall–Kier alpha value is -3.54. The molecule has 0 radical (unpaired) electrons. The highest BCUT2D eigenvalue weighted by molar-refractivity contribution is 5.91. The van der Waals surface area contributed by atoms with E-state index in [4.69, 9.17) is 0 Å². The van der Waals surface area contributed by atoms with Gasteiger partial charge >= 0.3 is 0 Å². The fourth-order valence-corrected chi connectivity index (χ4v) is 4.22. The monoisotopic (exact) mass is 421 g/mol. The van der Waals surface area contributed by atoms with Crippen molar-refractivity contribution in [2.75, 3.05) is 5.32 Å². The molecule has 9 heteroatoms. The van der Waals surface area contributed by atoms with Crippen molar-refractivity contribution in [3.63, 3.8) is 0 Å². The molecule has 4 rings (SSSR count). The van der Waals surface area contributed by atoms with E-state index in [0.29, 0.717) is 28.3 Å². The molecule has 2 heterocycles. The molecule has 1 N–H and O–H groups in total. The maximum absolute atomic E-state index is 13.5. The molecule has 1 fully saturated rings. The summed E-state index contributed by atoms with van der Waals surface area (Å²) in [5.41, 5.74) is 3.49. The summed E-state index contributed by atoms with van der Waals surface area (Å²) in [7, 11) is 0. The highest BCUT2D eigenvalue weighted by Gasteiger charge is 2.26. The number of nitrogens with one attached hydrogen (secondary N) is 1. The minimum atomic E-state index is -0.340. The van der Waals surface area contributed by atoms with E-state index in [1.54, 1.807) is 19.1 Å². The summed E-state index contributed by atoms with van der Waals surface area (Å²) in [5, 5.41) is 24.7. The van der Waals surface area contributed by atoms with E-state index < -0.39 is 0 Å². The lowest BCUT2D eigenvalue weighted by Gasteiger charge is -2.19. The summed E-state index contributed by atoms with van der Waals surface area (Å²) >= 11 is 0. The van der Waals surface area contributed by atoms with Crippen LogP contribution >= 0.6 is 0 Å². The van der Waals surface area contributed by atoms with Crippen molar-refractivity contribution in [2.45, 2.75) is 59.0 Å². The number of hydrogen-bond acceptors (Lipinski definition) is 5. The largest absolute Gasteiger partial charge is 0.327 e. The van der Waals surface area contributed by atoms with Gasteiger partial charge in [0.25, 0.3) is 0 Å². The quantitative estimate of drug-likeness (QED) is 0.675. The molecule has 0 unspecified atom stereocenters. The van der Waals surface area contributed by atoms with E-state index >= 15 is 0 Å². The van der Waals surface area contributed by atoms with Gasteiger partial charge in [-0.1, -0.05) is 12.8 Å². The Balaban J connectivity index is 1.55. The first-order valence-electron chi connectivity index (χ1n) is 10.3. The van der Waals surface area contributed by atoms with Gasteiger partial charge in [-0.3, -0.25) is 4.79 Å². The molecule has 3 aromatic rings. The van der Waals surface area contributed by atoms with E-state index in [1.807, 2.05) is 13.8 Å². The SMILES string of the molecule is Cc1cc(-c2nnn(CC(=O)Nc3c(C#N)c(C)c(C)n3C3CCCC3)n2)ccc1F. The van der Waals surface area contributed by atoms with Crippen LogP contribution in [0.25, 0.3) is 11.4 Å². The molecule has 8 nitrogen and oxygen atoms in total. The number of benzene rings is 1. The Morgan fingerprint density at radius 2 is 2.03 bits per heavy atom. The Kier molecular flexibility index (Phi) is 5.55. The van der Waals surface area contributed by atoms with E-state index in [1.165, 1.54) is 10.9 Å². The summed E-state index contributed by atoms with van der Waals surface area (Å²) in [6.45, 7) is 5.41. The molecule has 1 aromatic carbocycles. The summed E-state index contributed by atoms with van der Waals surface area (Å²) in [6, 6.07) is 7.08. The maximum Gasteiger partial charge on any atom is 0.249 e. The van der Waals surface area contributed by atoms with Crippen LogP contribution in [0.3, 0.4) is 0 Å². The fourth-order valence-electron chi connectivity index (χ4n) is 4.22. The average molecular weight is 421 g/mol. The van der Waals surface area contributed by atoms with E-state index in [-0.39, 0.29) is 24.3 Å². The van der Waals surface area contributed by atoms with Crippen LogP contribution in [-0.2, 0) is 11.3 Å². The van der Waals surface area contributed by atoms with Gasteiger partial charge in [-0.2, -0.15) is 10.1 Å². The summed E-state index contributed by atoms with van der Waals surface area (Å²) < 4.78 is 15.6. The third kappa shape index (κ3) is 3.93. The predicted octanol–water partition coefficient (Wildman–Crippen LogP) is 3.83. The maximum atomic E-state index is 13.5. The van der Waals surface area contributed by atoms with Crippen LogP contribution in [0, 0.1) is 37.9 Å². The number of halogens is 1. The van der Waals surface area contributed by atoms with Crippen LogP contribution in [-0.4, -0.2) is 30.7 Å². The molecule has 2 aromatic heterocycles. The topological polar surface area (TPSA) is 101 Å². The van der Waals surface area contributed by atoms with Crippen LogP contribution in [0.4, 0.5) is 10.2 Å². The molecule has 0 aliphatic heterocycles. The zero-order chi connectivity index (χ0) is 22.1. The Labute approximate surface area is 179 Å². The van der Waals surface area contributed by atoms with Crippen LogP contribution in [0.5, 0.6) is 0 Å². The lowest BCUT2D eigenvalue weighted by Crippen LogP contribution is -2.23. The number of aromatic nitrogens is 5. The molecule has 1 saturated carbocycles. The van der Waals surface area contributed by atoms with E-state index in [2.05, 4.69) is 31.4 Å². The van der Waals surface area contributed by atoms with E-state index in [0.717, 1.165) is 36.9 Å². The number of nitrogens with zero attached hydrogens (tertiary/aromatic N) is 6. The minimum absolute atomic E-state index is 0.147. The molecule has 1 amide bonds. The van der Waals surface area contributed by atoms with Crippen LogP contribution in [0.15, 0.2) is 18.2 Å². The molecule has 0 bridgehead atoms. The van der Waals surface area contributed by atoms with Gasteiger partial charge in [-0.05, 0) is 68.2 Å². The molecule has 0 saturated heterocycles. The van der Waals surface area contributed by atoms with Gasteiger partial charge in [0, 0.05) is 17.3 Å². The summed E-state index contributed by atoms with van der Waals surface area (Å²) in [6.07, 6.45) is 4.36. The van der Waals surface area contributed by atoms with Crippen molar-refractivity contribution in [3.8, 4) is 17.5 Å². The lowest BCUT2D eigenvalue weighted by molar-refractivity contribution is -0.117. The van der Waals surface area contributed by atoms with E-state index in [9.17, 15) is 14.4 Å². The summed E-state index contributed by atoms with van der Waals surface area (Å²) in [5.74, 6) is 0.214. The van der Waals surface area contributed by atoms with Crippen molar-refractivity contribution in [1.82, 2.24) is 24.8 Å². The third-order valence-corrected chi connectivity index (χ3v) is 5.97. The molecular formula is C22H24FN7O. The van der Waals surface area contributed by atoms with Crippen molar-refractivity contribution in [2.24, 2.45) is 0 Å². The fraction of sp³-hybridized carbons (Fsp3) is 0.409. The zero-order valence-corrected chi connectivity index (χ0v) is 17.8. The van der Waals surface area contributed by atoms with Gasteiger partial charge in [0.2, 0.25) is 11.7 Å². The number of amides is 1. The van der Waals surface area contributed by atoms with Gasteiger partial charge in [-0.25, -0.2) is 4.39 Å². The molecular weight excluding hydrogens is 397 g/mol. The van der Waals surface area contributed by atoms with Crippen LogP contribution in [0.1, 0.15) is 54.1 Å². The van der Waals surface area contributed by atoms with Crippen molar-refractivity contribution in [1.29, 1.82) is 5.26 Å². The number of tetrazole rings is 1. The second-order valence-electron chi connectivity index (χ2n) is 8.01. The molecule has 31 heavy (non-hydrogen) atoms. The number of nitriles is 1. The molecule has 1 aliphatic carbocycles. The van der Waals surface area contributed by atoms with Crippen molar-refractivity contribution >= 4 is 11.7 Å². The first kappa shape index (κ1) is 20.7. The van der Waals surface area contributed by atoms with Gasteiger partial charge in [0.05, 0.1) is 5.56 Å². The predicted molar refractivity (Wildman–Crippen MR) is 113 cm³/mol. The zero-order valence-electron chi connectivity index (χ0n) is 17.8. The van der Waals surface area contributed by atoms with Gasteiger partial charge in [0.1, 0.15) is 24.2 Å². The molecule has 1 aliphatic rings. The van der Waals surface area contributed by atoms with Crippen LogP contribution < -0.4 is 5.32 Å². The number of hydrogen-bond donors (Lipinski definition) is 1. The van der Waals surface area contributed by atoms with Gasteiger partial charge < -0.3 is 9.88 Å². The Morgan fingerprint density at radius 1 is 1.29 bits per heavy atom. The average Bonchev–Trinajstić information content (AvgIpc) is 3.46.